The van der Waals surface area contributed by atoms with Gasteiger partial charge in [-0.2, -0.15) is 0 Å². The van der Waals surface area contributed by atoms with Crippen LogP contribution in [0.5, 0.6) is 0 Å². The number of nitrogens with zero attached hydrogens (tertiary/aromatic N) is 2. The maximum absolute atomic E-state index is 12.4. The Labute approximate surface area is 146 Å². The van der Waals surface area contributed by atoms with Crippen molar-refractivity contribution < 1.29 is 19.1 Å². The molecule has 130 valence electrons. The molecule has 7 heteroatoms. The second kappa shape index (κ2) is 8.68. The van der Waals surface area contributed by atoms with Gasteiger partial charge in [0.1, 0.15) is 0 Å². The number of rotatable bonds is 5. The first-order valence-corrected chi connectivity index (χ1v) is 8.25. The van der Waals surface area contributed by atoms with Crippen molar-refractivity contribution in [1.82, 2.24) is 9.80 Å². The van der Waals surface area contributed by atoms with E-state index in [0.29, 0.717) is 31.2 Å². The third-order valence-electron chi connectivity index (χ3n) is 4.06. The van der Waals surface area contributed by atoms with Crippen molar-refractivity contribution in [2.75, 3.05) is 33.3 Å². The van der Waals surface area contributed by atoms with Gasteiger partial charge in [-0.1, -0.05) is 29.8 Å². The third-order valence-corrected chi connectivity index (χ3v) is 4.42. The number of carbonyl (C=O) groups excluding carboxylic acids is 3. The summed E-state index contributed by atoms with van der Waals surface area (Å²) >= 11 is 6.08. The largest absolute Gasteiger partial charge is 0.469 e. The fraction of sp³-hybridized carbons (Fsp3) is 0.471. The smallest absolute Gasteiger partial charge is 0.306 e. The van der Waals surface area contributed by atoms with Crippen LogP contribution >= 0.6 is 11.6 Å². The van der Waals surface area contributed by atoms with Crippen molar-refractivity contribution in [3.8, 4) is 0 Å². The van der Waals surface area contributed by atoms with E-state index in [-0.39, 0.29) is 31.1 Å². The molecule has 2 amide bonds. The molecule has 0 atom stereocenters. The van der Waals surface area contributed by atoms with E-state index >= 15 is 0 Å². The number of carbonyl (C=O) groups is 3. The van der Waals surface area contributed by atoms with Gasteiger partial charge in [0, 0.05) is 37.6 Å². The molecule has 1 heterocycles. The lowest BCUT2D eigenvalue weighted by molar-refractivity contribution is -0.144. The standard InChI is InChI=1S/C17H21ClN2O4/c1-24-17(23)7-6-15(21)19-8-10-20(11-9-19)16(22)12-13-4-2-3-5-14(13)18/h2-5H,6-12H2,1H3. The molecule has 1 aliphatic heterocycles. The predicted molar refractivity (Wildman–Crippen MR) is 89.6 cm³/mol. The van der Waals surface area contributed by atoms with Gasteiger partial charge < -0.3 is 14.5 Å². The van der Waals surface area contributed by atoms with Crippen LogP contribution < -0.4 is 0 Å². The number of piperazine rings is 1. The molecule has 0 aliphatic carbocycles. The van der Waals surface area contributed by atoms with Crippen LogP contribution in [0.4, 0.5) is 0 Å². The van der Waals surface area contributed by atoms with Gasteiger partial charge in [0.15, 0.2) is 0 Å². The Morgan fingerprint density at radius 3 is 2.17 bits per heavy atom. The predicted octanol–water partition coefficient (Wildman–Crippen LogP) is 1.51. The first kappa shape index (κ1) is 18.3. The first-order chi connectivity index (χ1) is 11.5. The molecule has 0 unspecified atom stereocenters. The summed E-state index contributed by atoms with van der Waals surface area (Å²) in [6.45, 7) is 1.95. The SMILES string of the molecule is COC(=O)CCC(=O)N1CCN(C(=O)Cc2ccccc2Cl)CC1. The molecule has 24 heavy (non-hydrogen) atoms. The first-order valence-electron chi connectivity index (χ1n) is 7.87. The van der Waals surface area contributed by atoms with Crippen LogP contribution in [-0.4, -0.2) is 60.9 Å². The van der Waals surface area contributed by atoms with Crippen LogP contribution in [0, 0.1) is 0 Å². The van der Waals surface area contributed by atoms with Crippen molar-refractivity contribution >= 4 is 29.4 Å². The molecule has 1 aliphatic rings. The van der Waals surface area contributed by atoms with Gasteiger partial charge >= 0.3 is 5.97 Å². The molecule has 0 radical (unpaired) electrons. The Bertz CT molecular complexity index is 612. The quantitative estimate of drug-likeness (QED) is 0.753. The fourth-order valence-electron chi connectivity index (χ4n) is 2.59. The highest BCUT2D eigenvalue weighted by Gasteiger charge is 2.24. The van der Waals surface area contributed by atoms with Crippen LogP contribution in [0.2, 0.25) is 5.02 Å². The molecule has 6 nitrogen and oxygen atoms in total. The molecule has 0 saturated carbocycles. The summed E-state index contributed by atoms with van der Waals surface area (Å²) in [5.41, 5.74) is 0.806. The van der Waals surface area contributed by atoms with E-state index in [4.69, 9.17) is 11.6 Å². The molecule has 0 bridgehead atoms. The highest BCUT2D eigenvalue weighted by molar-refractivity contribution is 6.31. The van der Waals surface area contributed by atoms with Gasteiger partial charge in [0.2, 0.25) is 11.8 Å². The van der Waals surface area contributed by atoms with E-state index in [1.54, 1.807) is 15.9 Å². The van der Waals surface area contributed by atoms with Crippen LogP contribution in [0.15, 0.2) is 24.3 Å². The average molecular weight is 353 g/mol. The summed E-state index contributed by atoms with van der Waals surface area (Å²) < 4.78 is 4.53. The minimum Gasteiger partial charge on any atom is -0.469 e. The van der Waals surface area contributed by atoms with E-state index in [2.05, 4.69) is 4.74 Å². The second-order valence-electron chi connectivity index (χ2n) is 5.61. The van der Waals surface area contributed by atoms with E-state index in [1.165, 1.54) is 7.11 Å². The van der Waals surface area contributed by atoms with Crippen LogP contribution in [0.3, 0.4) is 0 Å². The maximum Gasteiger partial charge on any atom is 0.306 e. The van der Waals surface area contributed by atoms with Crippen molar-refractivity contribution in [2.24, 2.45) is 0 Å². The minimum atomic E-state index is -0.392. The molecular weight excluding hydrogens is 332 g/mol. The Kier molecular flexibility index (Phi) is 6.61. The maximum atomic E-state index is 12.4. The number of halogens is 1. The van der Waals surface area contributed by atoms with E-state index < -0.39 is 5.97 Å². The van der Waals surface area contributed by atoms with Crippen molar-refractivity contribution in [3.63, 3.8) is 0 Å². The Hall–Kier alpha value is -2.08. The zero-order valence-electron chi connectivity index (χ0n) is 13.7. The fourth-order valence-corrected chi connectivity index (χ4v) is 2.79. The number of hydrogen-bond acceptors (Lipinski definition) is 4. The zero-order chi connectivity index (χ0) is 17.5. The summed E-state index contributed by atoms with van der Waals surface area (Å²) in [6.07, 6.45) is 0.483. The molecule has 2 rings (SSSR count). The molecular formula is C17H21ClN2O4. The Morgan fingerprint density at radius 2 is 1.58 bits per heavy atom. The van der Waals surface area contributed by atoms with Crippen molar-refractivity contribution in [2.45, 2.75) is 19.3 Å². The molecule has 1 fully saturated rings. The zero-order valence-corrected chi connectivity index (χ0v) is 14.4. The minimum absolute atomic E-state index is 0.00441. The topological polar surface area (TPSA) is 66.9 Å². The number of esters is 1. The van der Waals surface area contributed by atoms with Gasteiger partial charge in [-0.15, -0.1) is 0 Å². The van der Waals surface area contributed by atoms with Crippen LogP contribution in [0.1, 0.15) is 18.4 Å². The Balaban J connectivity index is 1.79. The molecule has 1 aromatic carbocycles. The summed E-state index contributed by atoms with van der Waals surface area (Å²) in [7, 11) is 1.30. The van der Waals surface area contributed by atoms with Crippen molar-refractivity contribution in [3.05, 3.63) is 34.9 Å². The average Bonchev–Trinajstić information content (AvgIpc) is 2.61. The van der Waals surface area contributed by atoms with Gasteiger partial charge in [-0.05, 0) is 11.6 Å². The summed E-state index contributed by atoms with van der Waals surface area (Å²) in [4.78, 5) is 38.9. The Morgan fingerprint density at radius 1 is 1.00 bits per heavy atom. The molecule has 1 saturated heterocycles. The van der Waals surface area contributed by atoms with Gasteiger partial charge in [0.25, 0.3) is 0 Å². The lowest BCUT2D eigenvalue weighted by atomic mass is 10.1. The van der Waals surface area contributed by atoms with Gasteiger partial charge in [-0.3, -0.25) is 14.4 Å². The number of methoxy groups -OCH3 is 1. The van der Waals surface area contributed by atoms with Crippen LogP contribution in [-0.2, 0) is 25.5 Å². The van der Waals surface area contributed by atoms with Gasteiger partial charge in [-0.25, -0.2) is 0 Å². The molecule has 0 spiro atoms. The van der Waals surface area contributed by atoms with E-state index in [1.807, 2.05) is 18.2 Å². The number of amides is 2. The summed E-state index contributed by atoms with van der Waals surface area (Å²) in [5.74, 6) is -0.472. The van der Waals surface area contributed by atoms with Crippen molar-refractivity contribution in [1.29, 1.82) is 0 Å². The lowest BCUT2D eigenvalue weighted by Crippen LogP contribution is -2.51. The molecule has 0 N–H and O–H groups in total. The number of hydrogen-bond donors (Lipinski definition) is 0. The molecule has 1 aromatic rings. The summed E-state index contributed by atoms with van der Waals surface area (Å²) in [6, 6.07) is 7.29. The highest BCUT2D eigenvalue weighted by Crippen LogP contribution is 2.17. The summed E-state index contributed by atoms with van der Waals surface area (Å²) in [5, 5.41) is 0.586. The van der Waals surface area contributed by atoms with Gasteiger partial charge in [0.05, 0.1) is 20.0 Å². The van der Waals surface area contributed by atoms with E-state index in [9.17, 15) is 14.4 Å². The third kappa shape index (κ3) is 4.96. The number of benzene rings is 1. The monoisotopic (exact) mass is 352 g/mol. The highest BCUT2D eigenvalue weighted by atomic mass is 35.5. The normalized spacial score (nSPS) is 14.4. The number of ether oxygens (including phenoxy) is 1. The molecule has 0 aromatic heterocycles. The van der Waals surface area contributed by atoms with Crippen LogP contribution in [0.25, 0.3) is 0 Å². The lowest BCUT2D eigenvalue weighted by Gasteiger charge is -2.35. The van der Waals surface area contributed by atoms with E-state index in [0.717, 1.165) is 5.56 Å². The second-order valence-corrected chi connectivity index (χ2v) is 6.01.